The lowest BCUT2D eigenvalue weighted by Crippen LogP contribution is -2.65. The average Bonchev–Trinajstić information content (AvgIpc) is 2.98. The number of allylic oxidation sites excluding steroid dienone is 4. The standard InChI is InChI=1S/C44H54/c1-5-9-29-13-30(10-6-2)22-39(21-29)43-25-33-15-34(26-43)18-37(17-33)41(43)42-38-19-35-16-36(20-38)28-44(42,27-35)40-23-31(11-7-3)14-32(24-40)12-8-4/h5-14,21-24,33-38,41-42H,15-20,25-28H2,1-4H3/b9-5-,10-6-,11-7-,12-8-. The average molecular weight is 583 g/mol. The highest BCUT2D eigenvalue weighted by molar-refractivity contribution is 5.62. The fraction of sp³-hybridized carbons (Fsp3) is 0.545. The van der Waals surface area contributed by atoms with Crippen molar-refractivity contribution in [3.63, 3.8) is 0 Å². The van der Waals surface area contributed by atoms with E-state index in [0.29, 0.717) is 10.8 Å². The quantitative estimate of drug-likeness (QED) is 0.305. The fourth-order valence-corrected chi connectivity index (χ4v) is 13.4. The van der Waals surface area contributed by atoms with Crippen molar-refractivity contribution in [2.75, 3.05) is 0 Å². The minimum atomic E-state index is 0.336. The molecule has 0 spiro atoms. The van der Waals surface area contributed by atoms with Crippen molar-refractivity contribution < 1.29 is 0 Å². The maximum absolute atomic E-state index is 2.65. The minimum Gasteiger partial charge on any atom is -0.0871 e. The summed E-state index contributed by atoms with van der Waals surface area (Å²) >= 11 is 0. The molecule has 0 radical (unpaired) electrons. The third-order valence-electron chi connectivity index (χ3n) is 13.7. The molecule has 0 amide bonds. The Kier molecular flexibility index (Phi) is 7.23. The molecule has 8 aliphatic rings. The van der Waals surface area contributed by atoms with E-state index in [2.05, 4.69) is 113 Å². The predicted molar refractivity (Wildman–Crippen MR) is 189 cm³/mol. The highest BCUT2D eigenvalue weighted by Crippen LogP contribution is 2.73. The second kappa shape index (κ2) is 11.0. The Labute approximate surface area is 267 Å². The molecule has 0 heterocycles. The van der Waals surface area contributed by atoms with Gasteiger partial charge >= 0.3 is 0 Å². The van der Waals surface area contributed by atoms with Crippen LogP contribution in [0.5, 0.6) is 0 Å². The number of fused-ring (bicyclic) bond motifs is 1. The van der Waals surface area contributed by atoms with E-state index in [4.69, 9.17) is 0 Å². The molecule has 0 nitrogen and oxygen atoms in total. The van der Waals surface area contributed by atoms with Crippen molar-refractivity contribution in [3.05, 3.63) is 94.1 Å². The molecule has 8 fully saturated rings. The lowest BCUT2D eigenvalue weighted by Gasteiger charge is -2.71. The first-order chi connectivity index (χ1) is 21.5. The summed E-state index contributed by atoms with van der Waals surface area (Å²) in [5.74, 6) is 7.19. The van der Waals surface area contributed by atoms with E-state index < -0.39 is 0 Å². The van der Waals surface area contributed by atoms with Gasteiger partial charge < -0.3 is 0 Å². The fourth-order valence-electron chi connectivity index (χ4n) is 13.4. The number of rotatable bonds is 7. The van der Waals surface area contributed by atoms with Gasteiger partial charge in [0.25, 0.3) is 0 Å². The van der Waals surface area contributed by atoms with Gasteiger partial charge in [-0.25, -0.2) is 0 Å². The summed E-state index contributed by atoms with van der Waals surface area (Å²) in [7, 11) is 0. The maximum atomic E-state index is 2.65. The van der Waals surface area contributed by atoms with Crippen molar-refractivity contribution in [1.29, 1.82) is 0 Å². The van der Waals surface area contributed by atoms with Crippen LogP contribution in [-0.2, 0) is 10.8 Å². The van der Waals surface area contributed by atoms with Gasteiger partial charge in [-0.2, -0.15) is 0 Å². The molecule has 0 saturated heterocycles. The summed E-state index contributed by atoms with van der Waals surface area (Å²) in [6, 6.07) is 15.4. The topological polar surface area (TPSA) is 0 Å². The molecule has 2 aromatic carbocycles. The van der Waals surface area contributed by atoms with Gasteiger partial charge in [-0.3, -0.25) is 0 Å². The smallest absolute Gasteiger partial charge is 0.000735 e. The van der Waals surface area contributed by atoms with Crippen LogP contribution in [0.4, 0.5) is 0 Å². The lowest BCUT2D eigenvalue weighted by atomic mass is 9.33. The summed E-state index contributed by atoms with van der Waals surface area (Å²) in [6.07, 6.45) is 33.2. The largest absolute Gasteiger partial charge is 0.0871 e. The molecular weight excluding hydrogens is 528 g/mol. The molecule has 8 saturated carbocycles. The zero-order chi connectivity index (χ0) is 30.1. The molecule has 0 aliphatic heterocycles. The summed E-state index contributed by atoms with van der Waals surface area (Å²) in [5, 5.41) is 0. The van der Waals surface area contributed by atoms with Crippen molar-refractivity contribution in [2.24, 2.45) is 47.3 Å². The van der Waals surface area contributed by atoms with Crippen LogP contribution in [0.2, 0.25) is 0 Å². The summed E-state index contributed by atoms with van der Waals surface area (Å²) < 4.78 is 0. The van der Waals surface area contributed by atoms with Crippen LogP contribution in [0.15, 0.2) is 60.7 Å². The number of benzene rings is 2. The Bertz CT molecular complexity index is 1320. The number of hydrogen-bond acceptors (Lipinski definition) is 0. The summed E-state index contributed by atoms with van der Waals surface area (Å²) in [4.78, 5) is 0. The monoisotopic (exact) mass is 582 g/mol. The zero-order valence-corrected chi connectivity index (χ0v) is 27.8. The third kappa shape index (κ3) is 4.52. The molecule has 8 aliphatic carbocycles. The van der Waals surface area contributed by atoms with Crippen molar-refractivity contribution in [1.82, 2.24) is 0 Å². The van der Waals surface area contributed by atoms with Crippen LogP contribution < -0.4 is 0 Å². The molecule has 8 bridgehead atoms. The molecule has 0 N–H and O–H groups in total. The molecule has 6 unspecified atom stereocenters. The second-order valence-electron chi connectivity index (χ2n) is 16.4. The first-order valence-corrected chi connectivity index (χ1v) is 18.3. The van der Waals surface area contributed by atoms with Crippen LogP contribution in [0.3, 0.4) is 0 Å². The van der Waals surface area contributed by atoms with Crippen molar-refractivity contribution in [2.45, 2.75) is 103 Å². The maximum Gasteiger partial charge on any atom is -0.000735 e. The third-order valence-corrected chi connectivity index (χ3v) is 13.7. The molecule has 0 aromatic heterocycles. The summed E-state index contributed by atoms with van der Waals surface area (Å²) in [5.41, 5.74) is 9.69. The SMILES string of the molecule is C/C=C\c1cc(/C=C\C)cc(C23CC4CC(CC(C4)C2C2C4CC5CC(C4)CC2(c2cc(/C=C\C)cc(/C=C\C)c2)C5)C3)c1. The molecule has 2 aromatic rings. The van der Waals surface area contributed by atoms with E-state index in [-0.39, 0.29) is 0 Å². The predicted octanol–water partition coefficient (Wildman–Crippen LogP) is 11.9. The first-order valence-electron chi connectivity index (χ1n) is 18.3. The summed E-state index contributed by atoms with van der Waals surface area (Å²) in [6.45, 7) is 8.71. The van der Waals surface area contributed by atoms with Gasteiger partial charge in [0.15, 0.2) is 0 Å². The van der Waals surface area contributed by atoms with Crippen molar-refractivity contribution >= 4 is 24.3 Å². The Morgan fingerprint density at radius 2 is 0.727 bits per heavy atom. The van der Waals surface area contributed by atoms with Crippen LogP contribution in [-0.4, -0.2) is 0 Å². The Hall–Kier alpha value is -2.60. The molecule has 6 atom stereocenters. The molecule has 230 valence electrons. The van der Waals surface area contributed by atoms with E-state index in [1.165, 1.54) is 86.5 Å². The highest BCUT2D eigenvalue weighted by Gasteiger charge is 2.67. The van der Waals surface area contributed by atoms with E-state index in [9.17, 15) is 0 Å². The normalized spacial score (nSPS) is 40.5. The van der Waals surface area contributed by atoms with Crippen LogP contribution in [0, 0.1) is 47.3 Å². The second-order valence-corrected chi connectivity index (χ2v) is 16.4. The highest BCUT2D eigenvalue weighted by atomic mass is 14.7. The number of hydrogen-bond donors (Lipinski definition) is 0. The van der Waals surface area contributed by atoms with Gasteiger partial charge in [-0.1, -0.05) is 72.9 Å². The first kappa shape index (κ1) is 28.8. The molecule has 0 heteroatoms. The van der Waals surface area contributed by atoms with Gasteiger partial charge in [0.2, 0.25) is 0 Å². The molecular formula is C44H54. The van der Waals surface area contributed by atoms with Crippen LogP contribution >= 0.6 is 0 Å². The van der Waals surface area contributed by atoms with Gasteiger partial charge in [0.05, 0.1) is 0 Å². The zero-order valence-electron chi connectivity index (χ0n) is 27.8. The Morgan fingerprint density at radius 3 is 1.00 bits per heavy atom. The van der Waals surface area contributed by atoms with Gasteiger partial charge in [-0.15, -0.1) is 0 Å². The van der Waals surface area contributed by atoms with E-state index in [0.717, 1.165) is 47.3 Å². The molecule has 10 rings (SSSR count). The lowest BCUT2D eigenvalue weighted by molar-refractivity contribution is -0.163. The van der Waals surface area contributed by atoms with Crippen LogP contribution in [0.1, 0.15) is 125 Å². The van der Waals surface area contributed by atoms with Crippen molar-refractivity contribution in [3.8, 4) is 0 Å². The Balaban J connectivity index is 1.33. The Morgan fingerprint density at radius 1 is 0.432 bits per heavy atom. The van der Waals surface area contributed by atoms with Gasteiger partial charge in [0, 0.05) is 0 Å². The van der Waals surface area contributed by atoms with E-state index in [1.807, 2.05) is 0 Å². The van der Waals surface area contributed by atoms with E-state index >= 15 is 0 Å². The minimum absolute atomic E-state index is 0.336. The van der Waals surface area contributed by atoms with Crippen LogP contribution in [0.25, 0.3) is 24.3 Å². The molecule has 44 heavy (non-hydrogen) atoms. The van der Waals surface area contributed by atoms with Gasteiger partial charge in [0.1, 0.15) is 0 Å². The van der Waals surface area contributed by atoms with Gasteiger partial charge in [-0.05, 0) is 196 Å². The van der Waals surface area contributed by atoms with E-state index in [1.54, 1.807) is 11.1 Å².